The number of hydrogen-bond acceptors (Lipinski definition) is 3. The molecule has 1 heterocycles. The maximum atomic E-state index is 6.06. The minimum atomic E-state index is 0.174. The molecule has 0 spiro atoms. The Labute approximate surface area is 94.3 Å². The third-order valence-electron chi connectivity index (χ3n) is 2.50. The smallest absolute Gasteiger partial charge is 0.142 e. The van der Waals surface area contributed by atoms with Crippen molar-refractivity contribution in [2.45, 2.75) is 6.04 Å². The summed E-state index contributed by atoms with van der Waals surface area (Å²) in [6.45, 7) is 2.29. The maximum Gasteiger partial charge on any atom is 0.142 e. The van der Waals surface area contributed by atoms with Gasteiger partial charge >= 0.3 is 0 Å². The van der Waals surface area contributed by atoms with Crippen LogP contribution in [0.25, 0.3) is 0 Å². The highest BCUT2D eigenvalue weighted by atomic mass is 35.5. The number of halogens is 1. The van der Waals surface area contributed by atoms with E-state index in [0.717, 1.165) is 24.5 Å². The molecule has 1 atom stereocenters. The SMILES string of the molecule is COc1c(Cl)cccc1C1COCCN1. The van der Waals surface area contributed by atoms with Crippen LogP contribution in [0.5, 0.6) is 5.75 Å². The van der Waals surface area contributed by atoms with E-state index in [1.54, 1.807) is 7.11 Å². The number of para-hydroxylation sites is 1. The van der Waals surface area contributed by atoms with Gasteiger partial charge in [-0.1, -0.05) is 23.7 Å². The summed E-state index contributed by atoms with van der Waals surface area (Å²) in [5.74, 6) is 0.738. The second kappa shape index (κ2) is 4.84. The Morgan fingerprint density at radius 3 is 3.07 bits per heavy atom. The fourth-order valence-electron chi connectivity index (χ4n) is 1.78. The van der Waals surface area contributed by atoms with Gasteiger partial charge in [0.05, 0.1) is 31.4 Å². The fourth-order valence-corrected chi connectivity index (χ4v) is 2.04. The highest BCUT2D eigenvalue weighted by molar-refractivity contribution is 6.32. The number of hydrogen-bond donors (Lipinski definition) is 1. The van der Waals surface area contributed by atoms with Gasteiger partial charge in [0.15, 0.2) is 0 Å². The van der Waals surface area contributed by atoms with Crippen LogP contribution < -0.4 is 10.1 Å². The molecule has 4 heteroatoms. The zero-order valence-electron chi connectivity index (χ0n) is 8.63. The van der Waals surface area contributed by atoms with Gasteiger partial charge in [-0.2, -0.15) is 0 Å². The van der Waals surface area contributed by atoms with Crippen molar-refractivity contribution in [3.63, 3.8) is 0 Å². The average molecular weight is 228 g/mol. The van der Waals surface area contributed by atoms with Gasteiger partial charge in [0.25, 0.3) is 0 Å². The quantitative estimate of drug-likeness (QED) is 0.839. The average Bonchev–Trinajstić information content (AvgIpc) is 2.30. The first kappa shape index (κ1) is 10.7. The van der Waals surface area contributed by atoms with Crippen molar-refractivity contribution in [3.05, 3.63) is 28.8 Å². The third-order valence-corrected chi connectivity index (χ3v) is 2.80. The summed E-state index contributed by atoms with van der Waals surface area (Å²) < 4.78 is 10.7. The van der Waals surface area contributed by atoms with Gasteiger partial charge < -0.3 is 14.8 Å². The molecule has 1 aliphatic rings. The van der Waals surface area contributed by atoms with E-state index in [4.69, 9.17) is 21.1 Å². The Morgan fingerprint density at radius 2 is 2.40 bits per heavy atom. The molecule has 0 bridgehead atoms. The van der Waals surface area contributed by atoms with Crippen molar-refractivity contribution in [2.75, 3.05) is 26.9 Å². The summed E-state index contributed by atoms with van der Waals surface area (Å²) in [6.07, 6.45) is 0. The van der Waals surface area contributed by atoms with Crippen LogP contribution in [0.4, 0.5) is 0 Å². The number of morpholine rings is 1. The number of nitrogens with one attached hydrogen (secondary N) is 1. The van der Waals surface area contributed by atoms with Gasteiger partial charge in [-0.15, -0.1) is 0 Å². The second-order valence-corrected chi connectivity index (χ2v) is 3.85. The van der Waals surface area contributed by atoms with Crippen LogP contribution in [0.15, 0.2) is 18.2 Å². The van der Waals surface area contributed by atoms with E-state index >= 15 is 0 Å². The molecule has 0 aromatic heterocycles. The maximum absolute atomic E-state index is 6.06. The van der Waals surface area contributed by atoms with E-state index in [1.807, 2.05) is 18.2 Å². The van der Waals surface area contributed by atoms with Gasteiger partial charge in [0.2, 0.25) is 0 Å². The molecule has 2 rings (SSSR count). The lowest BCUT2D eigenvalue weighted by Crippen LogP contribution is -2.34. The van der Waals surface area contributed by atoms with Crippen molar-refractivity contribution >= 4 is 11.6 Å². The highest BCUT2D eigenvalue weighted by Gasteiger charge is 2.20. The van der Waals surface area contributed by atoms with Crippen molar-refractivity contribution < 1.29 is 9.47 Å². The summed E-state index contributed by atoms with van der Waals surface area (Å²) in [4.78, 5) is 0. The third kappa shape index (κ3) is 2.25. The van der Waals surface area contributed by atoms with Crippen LogP contribution in [0.2, 0.25) is 5.02 Å². The van der Waals surface area contributed by atoms with Crippen LogP contribution >= 0.6 is 11.6 Å². The Bertz CT molecular complexity index is 337. The van der Waals surface area contributed by atoms with E-state index in [1.165, 1.54) is 0 Å². The van der Waals surface area contributed by atoms with E-state index in [2.05, 4.69) is 5.32 Å². The van der Waals surface area contributed by atoms with Gasteiger partial charge in [0.1, 0.15) is 5.75 Å². The van der Waals surface area contributed by atoms with Crippen LogP contribution in [0.1, 0.15) is 11.6 Å². The largest absolute Gasteiger partial charge is 0.495 e. The minimum Gasteiger partial charge on any atom is -0.495 e. The first-order chi connectivity index (χ1) is 7.33. The molecule has 1 N–H and O–H groups in total. The van der Waals surface area contributed by atoms with Gasteiger partial charge in [0, 0.05) is 12.1 Å². The van der Waals surface area contributed by atoms with Gasteiger partial charge in [-0.05, 0) is 6.07 Å². The van der Waals surface area contributed by atoms with Crippen molar-refractivity contribution in [1.29, 1.82) is 0 Å². The van der Waals surface area contributed by atoms with Crippen molar-refractivity contribution in [3.8, 4) is 5.75 Å². The lowest BCUT2D eigenvalue weighted by atomic mass is 10.1. The van der Waals surface area contributed by atoms with E-state index < -0.39 is 0 Å². The van der Waals surface area contributed by atoms with Crippen LogP contribution in [-0.2, 0) is 4.74 Å². The summed E-state index contributed by atoms with van der Waals surface area (Å²) >= 11 is 6.06. The topological polar surface area (TPSA) is 30.5 Å². The van der Waals surface area contributed by atoms with E-state index in [-0.39, 0.29) is 6.04 Å². The monoisotopic (exact) mass is 227 g/mol. The van der Waals surface area contributed by atoms with Gasteiger partial charge in [-0.25, -0.2) is 0 Å². The van der Waals surface area contributed by atoms with Crippen LogP contribution in [0, 0.1) is 0 Å². The molecule has 1 aliphatic heterocycles. The molecule has 82 valence electrons. The molecule has 3 nitrogen and oxygen atoms in total. The number of methoxy groups -OCH3 is 1. The van der Waals surface area contributed by atoms with Crippen LogP contribution in [-0.4, -0.2) is 26.9 Å². The second-order valence-electron chi connectivity index (χ2n) is 3.44. The number of ether oxygens (including phenoxy) is 2. The molecule has 0 saturated carbocycles. The lowest BCUT2D eigenvalue weighted by molar-refractivity contribution is 0.0761. The van der Waals surface area contributed by atoms with Crippen LogP contribution in [0.3, 0.4) is 0 Å². The number of rotatable bonds is 2. The van der Waals surface area contributed by atoms with Crippen molar-refractivity contribution in [1.82, 2.24) is 5.32 Å². The summed E-state index contributed by atoms with van der Waals surface area (Å²) in [5, 5.41) is 4.01. The molecule has 1 saturated heterocycles. The Hall–Kier alpha value is -0.770. The summed E-state index contributed by atoms with van der Waals surface area (Å²) in [7, 11) is 1.63. The highest BCUT2D eigenvalue weighted by Crippen LogP contribution is 2.33. The number of benzene rings is 1. The molecular weight excluding hydrogens is 214 g/mol. The Balaban J connectivity index is 2.29. The summed E-state index contributed by atoms with van der Waals surface area (Å²) in [6, 6.07) is 5.94. The lowest BCUT2D eigenvalue weighted by Gasteiger charge is -2.25. The molecule has 0 aliphatic carbocycles. The zero-order valence-corrected chi connectivity index (χ0v) is 9.38. The van der Waals surface area contributed by atoms with E-state index in [9.17, 15) is 0 Å². The van der Waals surface area contributed by atoms with E-state index in [0.29, 0.717) is 11.6 Å². The molecule has 1 aromatic rings. The standard InChI is InChI=1S/C11H14ClNO2/c1-14-11-8(3-2-4-9(11)12)10-7-15-6-5-13-10/h2-4,10,13H,5-7H2,1H3. The first-order valence-corrected chi connectivity index (χ1v) is 5.34. The molecule has 1 unspecified atom stereocenters. The molecule has 1 fully saturated rings. The predicted octanol–water partition coefficient (Wildman–Crippen LogP) is 2.01. The fraction of sp³-hybridized carbons (Fsp3) is 0.455. The normalized spacial score (nSPS) is 21.3. The zero-order chi connectivity index (χ0) is 10.7. The molecule has 1 aromatic carbocycles. The Morgan fingerprint density at radius 1 is 1.53 bits per heavy atom. The van der Waals surface area contributed by atoms with Crippen molar-refractivity contribution in [2.24, 2.45) is 0 Å². The molecule has 0 radical (unpaired) electrons. The predicted molar refractivity (Wildman–Crippen MR) is 59.6 cm³/mol. The van der Waals surface area contributed by atoms with Gasteiger partial charge in [-0.3, -0.25) is 0 Å². The molecule has 15 heavy (non-hydrogen) atoms. The minimum absolute atomic E-state index is 0.174. The Kier molecular flexibility index (Phi) is 3.46. The molecular formula is C11H14ClNO2. The molecule has 0 amide bonds. The summed E-state index contributed by atoms with van der Waals surface area (Å²) in [5.41, 5.74) is 1.06. The first-order valence-electron chi connectivity index (χ1n) is 4.96.